The molecule has 0 radical (unpaired) electrons. The lowest BCUT2D eigenvalue weighted by atomic mass is 9.97. The van der Waals surface area contributed by atoms with Crippen LogP contribution in [-0.4, -0.2) is 66.2 Å². The first-order chi connectivity index (χ1) is 11.9. The van der Waals surface area contributed by atoms with E-state index in [2.05, 4.69) is 0 Å². The summed E-state index contributed by atoms with van der Waals surface area (Å²) in [5, 5.41) is 0. The lowest BCUT2D eigenvalue weighted by Gasteiger charge is -2.47. The van der Waals surface area contributed by atoms with E-state index >= 15 is 0 Å². The third-order valence-corrected chi connectivity index (χ3v) is 4.72. The van der Waals surface area contributed by atoms with Crippen LogP contribution >= 0.6 is 0 Å². The molecular formula is C16H22O8S. The molecular weight excluding hydrogens is 352 g/mol. The number of rotatable bonds is 5. The minimum atomic E-state index is -3.74. The van der Waals surface area contributed by atoms with Crippen molar-refractivity contribution in [3.8, 4) is 0 Å². The fraction of sp³-hybridized carbons (Fsp3) is 0.625. The van der Waals surface area contributed by atoms with E-state index in [-0.39, 0.29) is 6.61 Å². The molecule has 6 atom stereocenters. The van der Waals surface area contributed by atoms with Crippen molar-refractivity contribution < 1.29 is 36.3 Å². The van der Waals surface area contributed by atoms with Crippen LogP contribution in [0.3, 0.4) is 0 Å². The first-order valence-corrected chi connectivity index (χ1v) is 9.66. The molecule has 1 aromatic carbocycles. The van der Waals surface area contributed by atoms with E-state index < -0.39 is 47.1 Å². The van der Waals surface area contributed by atoms with E-state index in [0.29, 0.717) is 0 Å². The van der Waals surface area contributed by atoms with Crippen molar-refractivity contribution in [3.05, 3.63) is 35.9 Å². The van der Waals surface area contributed by atoms with Gasteiger partial charge in [-0.05, 0) is 0 Å². The average Bonchev–Trinajstić information content (AvgIpc) is 2.60. The van der Waals surface area contributed by atoms with Crippen LogP contribution in [0.25, 0.3) is 0 Å². The van der Waals surface area contributed by atoms with Gasteiger partial charge in [-0.3, -0.25) is 4.18 Å². The van der Waals surface area contributed by atoms with Gasteiger partial charge in [-0.15, -0.1) is 0 Å². The van der Waals surface area contributed by atoms with Crippen LogP contribution in [0.2, 0.25) is 0 Å². The van der Waals surface area contributed by atoms with Crippen molar-refractivity contribution in [1.29, 1.82) is 0 Å². The maximum atomic E-state index is 11.6. The second-order valence-electron chi connectivity index (χ2n) is 5.92. The molecule has 2 fully saturated rings. The zero-order valence-corrected chi connectivity index (χ0v) is 15.0. The maximum absolute atomic E-state index is 11.6. The van der Waals surface area contributed by atoms with Crippen molar-refractivity contribution in [2.75, 3.05) is 27.1 Å². The molecule has 2 aliphatic heterocycles. The van der Waals surface area contributed by atoms with Gasteiger partial charge < -0.3 is 23.7 Å². The molecule has 0 N–H and O–H groups in total. The molecule has 0 bridgehead atoms. The van der Waals surface area contributed by atoms with Gasteiger partial charge >= 0.3 is 0 Å². The Morgan fingerprint density at radius 3 is 2.36 bits per heavy atom. The summed E-state index contributed by atoms with van der Waals surface area (Å²) in [4.78, 5) is 0. The summed E-state index contributed by atoms with van der Waals surface area (Å²) in [6, 6.07) is 9.44. The largest absolute Gasteiger partial charge is 0.376 e. The molecule has 0 amide bonds. The van der Waals surface area contributed by atoms with Gasteiger partial charge in [-0.25, -0.2) is 0 Å². The molecule has 0 spiro atoms. The second kappa shape index (κ2) is 7.67. The van der Waals surface area contributed by atoms with Crippen LogP contribution in [0.5, 0.6) is 0 Å². The van der Waals surface area contributed by atoms with Crippen LogP contribution in [0.4, 0.5) is 0 Å². The van der Waals surface area contributed by atoms with Gasteiger partial charge in [0.2, 0.25) is 0 Å². The molecule has 8 nitrogen and oxygen atoms in total. The highest BCUT2D eigenvalue weighted by Crippen LogP contribution is 2.36. The topological polar surface area (TPSA) is 89.5 Å². The summed E-state index contributed by atoms with van der Waals surface area (Å²) in [6.45, 7) is 0.259. The molecule has 0 aromatic heterocycles. The fourth-order valence-electron chi connectivity index (χ4n) is 3.09. The van der Waals surface area contributed by atoms with Gasteiger partial charge in [0.05, 0.1) is 12.9 Å². The third-order valence-electron chi connectivity index (χ3n) is 4.15. The van der Waals surface area contributed by atoms with Crippen molar-refractivity contribution >= 4 is 10.1 Å². The van der Waals surface area contributed by atoms with Crippen LogP contribution in [0.1, 0.15) is 11.9 Å². The van der Waals surface area contributed by atoms with Crippen LogP contribution in [0.15, 0.2) is 30.3 Å². The number of fused-ring (bicyclic) bond motifs is 1. The lowest BCUT2D eigenvalue weighted by molar-refractivity contribution is -0.357. The molecule has 0 saturated carbocycles. The van der Waals surface area contributed by atoms with E-state index in [4.69, 9.17) is 27.9 Å². The van der Waals surface area contributed by atoms with Gasteiger partial charge in [0.25, 0.3) is 10.1 Å². The van der Waals surface area contributed by atoms with Gasteiger partial charge in [0, 0.05) is 19.8 Å². The van der Waals surface area contributed by atoms with Gasteiger partial charge in [0.15, 0.2) is 18.7 Å². The highest BCUT2D eigenvalue weighted by Gasteiger charge is 2.52. The number of benzene rings is 1. The summed E-state index contributed by atoms with van der Waals surface area (Å²) in [5.74, 6) is 0. The summed E-state index contributed by atoms with van der Waals surface area (Å²) in [7, 11) is -0.863. The minimum Gasteiger partial charge on any atom is -0.376 e. The van der Waals surface area contributed by atoms with Crippen molar-refractivity contribution in [3.63, 3.8) is 0 Å². The minimum absolute atomic E-state index is 0.259. The number of ether oxygens (including phenoxy) is 5. The molecule has 9 heteroatoms. The van der Waals surface area contributed by atoms with E-state index in [1.165, 1.54) is 14.2 Å². The van der Waals surface area contributed by atoms with Crippen LogP contribution in [-0.2, 0) is 38.0 Å². The molecule has 3 rings (SSSR count). The Morgan fingerprint density at radius 1 is 1.04 bits per heavy atom. The van der Waals surface area contributed by atoms with Gasteiger partial charge in [0.1, 0.15) is 18.3 Å². The Labute approximate surface area is 147 Å². The monoisotopic (exact) mass is 374 g/mol. The number of methoxy groups -OCH3 is 2. The molecule has 2 saturated heterocycles. The number of hydrogen-bond acceptors (Lipinski definition) is 8. The molecule has 140 valence electrons. The maximum Gasteiger partial charge on any atom is 0.264 e. The van der Waals surface area contributed by atoms with E-state index in [1.54, 1.807) is 0 Å². The van der Waals surface area contributed by atoms with Gasteiger partial charge in [-0.2, -0.15) is 8.42 Å². The zero-order chi connectivity index (χ0) is 18.0. The quantitative estimate of drug-likeness (QED) is 0.700. The van der Waals surface area contributed by atoms with E-state index in [0.717, 1.165) is 11.8 Å². The van der Waals surface area contributed by atoms with E-state index in [1.807, 2.05) is 30.3 Å². The number of hydrogen-bond donors (Lipinski definition) is 0. The normalized spacial score (nSPS) is 36.0. The van der Waals surface area contributed by atoms with E-state index in [9.17, 15) is 8.42 Å². The highest BCUT2D eigenvalue weighted by molar-refractivity contribution is 7.86. The van der Waals surface area contributed by atoms with Crippen LogP contribution in [0, 0.1) is 0 Å². The smallest absolute Gasteiger partial charge is 0.264 e. The molecule has 0 aliphatic carbocycles. The van der Waals surface area contributed by atoms with Crippen LogP contribution < -0.4 is 0 Å². The summed E-state index contributed by atoms with van der Waals surface area (Å²) >= 11 is 0. The Balaban J connectivity index is 1.83. The standard InChI is InChI=1S/C16H22O8S/c1-19-13-12-11(22-16(20-2)14(13)24-25(3,17)18)9-21-15(23-12)10-7-5-4-6-8-10/h4-8,11-16H,9H2,1-3H3/t11-,12-,13-,14-,15-,16-/m1/s1. The Morgan fingerprint density at radius 2 is 1.76 bits per heavy atom. The molecule has 25 heavy (non-hydrogen) atoms. The Bertz CT molecular complexity index is 664. The highest BCUT2D eigenvalue weighted by atomic mass is 32.2. The predicted molar refractivity (Wildman–Crippen MR) is 86.2 cm³/mol. The summed E-state index contributed by atoms with van der Waals surface area (Å²) in [5.41, 5.74) is 0.852. The third kappa shape index (κ3) is 4.20. The zero-order valence-electron chi connectivity index (χ0n) is 14.2. The van der Waals surface area contributed by atoms with Crippen molar-refractivity contribution in [2.45, 2.75) is 37.0 Å². The molecule has 0 unspecified atom stereocenters. The first-order valence-electron chi connectivity index (χ1n) is 7.84. The fourth-order valence-corrected chi connectivity index (χ4v) is 3.69. The molecule has 2 aliphatic rings. The first kappa shape index (κ1) is 18.7. The average molecular weight is 374 g/mol. The van der Waals surface area contributed by atoms with Gasteiger partial charge in [-0.1, -0.05) is 30.3 Å². The lowest BCUT2D eigenvalue weighted by Crippen LogP contribution is -2.63. The van der Waals surface area contributed by atoms with Crippen molar-refractivity contribution in [2.24, 2.45) is 0 Å². The SMILES string of the molecule is CO[C@@H]1O[C@@H]2CO[C@@H](c3ccccc3)O[C@H]2[C@@H](OC)[C@H]1OS(C)(=O)=O. The Hall–Kier alpha value is -1.07. The second-order valence-corrected chi connectivity index (χ2v) is 7.52. The predicted octanol–water partition coefficient (Wildman–Crippen LogP) is 0.832. The summed E-state index contributed by atoms with van der Waals surface area (Å²) < 4.78 is 56.7. The molecule has 1 aromatic rings. The van der Waals surface area contributed by atoms with Crippen molar-refractivity contribution in [1.82, 2.24) is 0 Å². The Kier molecular flexibility index (Phi) is 5.74. The summed E-state index contributed by atoms with van der Waals surface area (Å²) in [6.07, 6.45) is -3.26. The molecule has 2 heterocycles.